The average molecular weight is 424 g/mol. The molecule has 30 heavy (non-hydrogen) atoms. The molecule has 1 fully saturated rings. The van der Waals surface area contributed by atoms with E-state index in [9.17, 15) is 8.42 Å². The molecule has 0 aliphatic carbocycles. The van der Waals surface area contributed by atoms with Crippen molar-refractivity contribution in [1.29, 1.82) is 0 Å². The summed E-state index contributed by atoms with van der Waals surface area (Å²) in [4.78, 5) is 8.75. The Kier molecular flexibility index (Phi) is 6.11. The molecule has 0 amide bonds. The highest BCUT2D eigenvalue weighted by Gasteiger charge is 2.31. The van der Waals surface area contributed by atoms with Crippen LogP contribution < -0.4 is 4.74 Å². The molecule has 1 aliphatic rings. The van der Waals surface area contributed by atoms with Crippen LogP contribution in [0, 0.1) is 0 Å². The first-order valence-electron chi connectivity index (χ1n) is 10.2. The zero-order chi connectivity index (χ0) is 21.0. The lowest BCUT2D eigenvalue weighted by Crippen LogP contribution is -2.44. The van der Waals surface area contributed by atoms with Gasteiger partial charge in [0.25, 0.3) is 0 Å². The van der Waals surface area contributed by atoms with Crippen molar-refractivity contribution >= 4 is 10.0 Å². The largest absolute Gasteiger partial charge is 0.459 e. The van der Waals surface area contributed by atoms with Crippen LogP contribution in [0.4, 0.5) is 0 Å². The van der Waals surface area contributed by atoms with E-state index in [0.717, 1.165) is 36.0 Å². The number of aromatic nitrogens is 2. The van der Waals surface area contributed by atoms with E-state index in [4.69, 9.17) is 4.74 Å². The van der Waals surface area contributed by atoms with E-state index in [1.54, 1.807) is 24.5 Å². The van der Waals surface area contributed by atoms with E-state index in [2.05, 4.69) is 9.97 Å². The van der Waals surface area contributed by atoms with Crippen LogP contribution in [0.15, 0.2) is 71.9 Å². The van der Waals surface area contributed by atoms with E-state index in [1.807, 2.05) is 49.4 Å². The molecule has 2 aromatic carbocycles. The highest BCUT2D eigenvalue weighted by Crippen LogP contribution is 2.25. The van der Waals surface area contributed by atoms with Crippen LogP contribution in [0.25, 0.3) is 11.1 Å². The normalized spacial score (nSPS) is 17.6. The molecule has 1 unspecified atom stereocenters. The molecule has 0 spiro atoms. The molecule has 1 saturated heterocycles. The van der Waals surface area contributed by atoms with Crippen molar-refractivity contribution in [2.45, 2.75) is 37.2 Å². The van der Waals surface area contributed by atoms with Crippen molar-refractivity contribution in [1.82, 2.24) is 14.3 Å². The number of hydrogen-bond donors (Lipinski definition) is 0. The van der Waals surface area contributed by atoms with Gasteiger partial charge in [-0.05, 0) is 48.1 Å². The molecule has 6 nitrogen and oxygen atoms in total. The van der Waals surface area contributed by atoms with Crippen LogP contribution in [0.5, 0.6) is 6.01 Å². The van der Waals surface area contributed by atoms with Gasteiger partial charge in [0.05, 0.1) is 11.4 Å². The first kappa shape index (κ1) is 20.5. The van der Waals surface area contributed by atoms with Gasteiger partial charge in [-0.15, -0.1) is 0 Å². The van der Waals surface area contributed by atoms with Crippen molar-refractivity contribution in [2.24, 2.45) is 0 Å². The lowest BCUT2D eigenvalue weighted by atomic mass is 10.1. The van der Waals surface area contributed by atoms with Gasteiger partial charge in [0, 0.05) is 18.9 Å². The summed E-state index contributed by atoms with van der Waals surface area (Å²) >= 11 is 0. The molecule has 1 aliphatic heterocycles. The zero-order valence-electron chi connectivity index (χ0n) is 16.9. The van der Waals surface area contributed by atoms with E-state index in [0.29, 0.717) is 24.0 Å². The predicted octanol–water partition coefficient (Wildman–Crippen LogP) is 3.94. The monoisotopic (exact) mass is 423 g/mol. The molecule has 156 valence electrons. The fourth-order valence-corrected chi connectivity index (χ4v) is 5.06. The SMILES string of the molecule is CCc1cnc(OC2CCCN(S(=O)(=O)c3ccc(-c4ccccc4)cc3)C2)nc1. The molecule has 1 aromatic heterocycles. The standard InChI is InChI=1S/C23H25N3O3S/c1-2-18-15-24-23(25-16-18)29-21-9-6-14-26(17-21)30(27,28)22-12-10-20(11-13-22)19-7-4-3-5-8-19/h3-5,7-8,10-13,15-16,21H,2,6,9,14,17H2,1H3. The van der Waals surface area contributed by atoms with Gasteiger partial charge >= 0.3 is 6.01 Å². The molecule has 0 N–H and O–H groups in total. The summed E-state index contributed by atoms with van der Waals surface area (Å²) in [6.07, 6.45) is 5.60. The van der Waals surface area contributed by atoms with Crippen LogP contribution in [0.1, 0.15) is 25.3 Å². The fraction of sp³-hybridized carbons (Fsp3) is 0.304. The minimum Gasteiger partial charge on any atom is -0.459 e. The number of piperidine rings is 1. The minimum atomic E-state index is -3.58. The molecular formula is C23H25N3O3S. The van der Waals surface area contributed by atoms with Gasteiger partial charge < -0.3 is 4.74 Å². The van der Waals surface area contributed by atoms with Gasteiger partial charge in [-0.25, -0.2) is 18.4 Å². The maximum atomic E-state index is 13.2. The smallest absolute Gasteiger partial charge is 0.316 e. The van der Waals surface area contributed by atoms with E-state index in [1.165, 1.54) is 4.31 Å². The third-order valence-electron chi connectivity index (χ3n) is 5.30. The summed E-state index contributed by atoms with van der Waals surface area (Å²) in [6.45, 7) is 2.81. The Balaban J connectivity index is 1.46. The molecule has 3 aromatic rings. The summed E-state index contributed by atoms with van der Waals surface area (Å²) < 4.78 is 33.7. The zero-order valence-corrected chi connectivity index (χ0v) is 17.8. The minimum absolute atomic E-state index is 0.260. The number of rotatable bonds is 6. The Hall–Kier alpha value is -2.77. The molecule has 0 saturated carbocycles. The van der Waals surface area contributed by atoms with Gasteiger partial charge in [0.2, 0.25) is 10.0 Å². The maximum absolute atomic E-state index is 13.2. The van der Waals surface area contributed by atoms with E-state index >= 15 is 0 Å². The lowest BCUT2D eigenvalue weighted by Gasteiger charge is -2.31. The second kappa shape index (κ2) is 8.93. The number of aryl methyl sites for hydroxylation is 1. The summed E-state index contributed by atoms with van der Waals surface area (Å²) in [5.74, 6) is 0. The second-order valence-electron chi connectivity index (χ2n) is 7.36. The Bertz CT molecular complexity index is 1070. The third kappa shape index (κ3) is 4.52. The predicted molar refractivity (Wildman–Crippen MR) is 116 cm³/mol. The highest BCUT2D eigenvalue weighted by atomic mass is 32.2. The van der Waals surface area contributed by atoms with Crippen LogP contribution in [0.2, 0.25) is 0 Å². The third-order valence-corrected chi connectivity index (χ3v) is 7.18. The maximum Gasteiger partial charge on any atom is 0.316 e. The van der Waals surface area contributed by atoms with Crippen LogP contribution in [-0.2, 0) is 16.4 Å². The Morgan fingerprint density at radius 1 is 1.00 bits per heavy atom. The topological polar surface area (TPSA) is 72.4 Å². The van der Waals surface area contributed by atoms with E-state index in [-0.39, 0.29) is 6.10 Å². The van der Waals surface area contributed by atoms with Crippen LogP contribution in [-0.4, -0.2) is 41.9 Å². The molecule has 0 radical (unpaired) electrons. The Morgan fingerprint density at radius 2 is 1.67 bits per heavy atom. The van der Waals surface area contributed by atoms with Gasteiger partial charge in [0.15, 0.2) is 0 Å². The van der Waals surface area contributed by atoms with Crippen molar-refractivity contribution in [2.75, 3.05) is 13.1 Å². The van der Waals surface area contributed by atoms with Gasteiger partial charge in [-0.1, -0.05) is 49.4 Å². The van der Waals surface area contributed by atoms with Crippen molar-refractivity contribution in [3.05, 3.63) is 72.6 Å². The Labute approximate surface area is 177 Å². The van der Waals surface area contributed by atoms with Gasteiger partial charge in [0.1, 0.15) is 6.10 Å². The lowest BCUT2D eigenvalue weighted by molar-refractivity contribution is 0.119. The molecule has 2 heterocycles. The average Bonchev–Trinajstić information content (AvgIpc) is 2.80. The number of benzene rings is 2. The number of hydrogen-bond acceptors (Lipinski definition) is 5. The quantitative estimate of drug-likeness (QED) is 0.601. The first-order chi connectivity index (χ1) is 14.6. The van der Waals surface area contributed by atoms with Gasteiger partial charge in [-0.2, -0.15) is 4.31 Å². The van der Waals surface area contributed by atoms with Crippen molar-refractivity contribution < 1.29 is 13.2 Å². The number of sulfonamides is 1. The molecular weight excluding hydrogens is 398 g/mol. The van der Waals surface area contributed by atoms with Crippen molar-refractivity contribution in [3.8, 4) is 17.1 Å². The first-order valence-corrected chi connectivity index (χ1v) is 11.6. The van der Waals surface area contributed by atoms with E-state index < -0.39 is 10.0 Å². The van der Waals surface area contributed by atoms with Crippen molar-refractivity contribution in [3.63, 3.8) is 0 Å². The summed E-state index contributed by atoms with van der Waals surface area (Å²) in [6, 6.07) is 17.2. The molecule has 1 atom stereocenters. The summed E-state index contributed by atoms with van der Waals surface area (Å²) in [7, 11) is -3.58. The Morgan fingerprint density at radius 3 is 2.33 bits per heavy atom. The number of ether oxygens (including phenoxy) is 1. The van der Waals surface area contributed by atoms with Gasteiger partial charge in [-0.3, -0.25) is 0 Å². The van der Waals surface area contributed by atoms with Crippen LogP contribution in [0.3, 0.4) is 0 Å². The fourth-order valence-electron chi connectivity index (χ4n) is 3.55. The summed E-state index contributed by atoms with van der Waals surface area (Å²) in [5.41, 5.74) is 3.08. The van der Waals surface area contributed by atoms with Crippen LogP contribution >= 0.6 is 0 Å². The number of nitrogens with zero attached hydrogens (tertiary/aromatic N) is 3. The highest BCUT2D eigenvalue weighted by molar-refractivity contribution is 7.89. The summed E-state index contributed by atoms with van der Waals surface area (Å²) in [5, 5.41) is 0. The molecule has 7 heteroatoms. The second-order valence-corrected chi connectivity index (χ2v) is 9.30. The molecule has 0 bridgehead atoms. The molecule has 4 rings (SSSR count).